The lowest BCUT2D eigenvalue weighted by Crippen LogP contribution is -2.45. The Hall–Kier alpha value is -2.68. The van der Waals surface area contributed by atoms with Crippen molar-refractivity contribution in [3.05, 3.63) is 41.1 Å². The maximum Gasteiger partial charge on any atom is 0.338 e. The molecule has 1 aliphatic rings. The number of hydrogen-bond donors (Lipinski definition) is 2. The Morgan fingerprint density at radius 1 is 1.16 bits per heavy atom. The van der Waals surface area contributed by atoms with Crippen LogP contribution in [0.15, 0.2) is 40.4 Å². The van der Waals surface area contributed by atoms with Gasteiger partial charge in [-0.3, -0.25) is 4.21 Å². The van der Waals surface area contributed by atoms with Crippen LogP contribution in [0.4, 0.5) is 4.79 Å². The number of amides is 2. The molecule has 1 heterocycles. The van der Waals surface area contributed by atoms with E-state index in [0.717, 1.165) is 0 Å². The summed E-state index contributed by atoms with van der Waals surface area (Å²) in [6, 6.07) is 5.65. The zero-order chi connectivity index (χ0) is 18.4. The van der Waals surface area contributed by atoms with Gasteiger partial charge in [0.2, 0.25) is 0 Å². The van der Waals surface area contributed by atoms with E-state index in [1.165, 1.54) is 18.4 Å². The molecule has 1 aromatic rings. The predicted octanol–water partition coefficient (Wildman–Crippen LogP) is 0.711. The van der Waals surface area contributed by atoms with Crippen LogP contribution in [0.3, 0.4) is 0 Å². The van der Waals surface area contributed by atoms with E-state index in [0.29, 0.717) is 4.90 Å². The molecule has 2 rings (SSSR count). The fourth-order valence-corrected chi connectivity index (χ4v) is 2.59. The summed E-state index contributed by atoms with van der Waals surface area (Å²) in [6.07, 6.45) is 1.54. The van der Waals surface area contributed by atoms with Gasteiger partial charge in [0.1, 0.15) is 6.61 Å². The number of ether oxygens (including phenoxy) is 2. The first-order valence-electron chi connectivity index (χ1n) is 7.47. The van der Waals surface area contributed by atoms with Crippen molar-refractivity contribution in [3.63, 3.8) is 0 Å². The highest BCUT2D eigenvalue weighted by molar-refractivity contribution is 7.84. The van der Waals surface area contributed by atoms with E-state index in [1.54, 1.807) is 19.1 Å². The summed E-state index contributed by atoms with van der Waals surface area (Å²) in [5.41, 5.74) is 0.653. The summed E-state index contributed by atoms with van der Waals surface area (Å²) < 4.78 is 21.4. The fourth-order valence-electron chi connectivity index (χ4n) is 2.07. The van der Waals surface area contributed by atoms with Gasteiger partial charge in [-0.25, -0.2) is 14.4 Å². The highest BCUT2D eigenvalue weighted by Crippen LogP contribution is 2.12. The lowest BCUT2D eigenvalue weighted by atomic mass is 10.1. The molecular formula is C16H18N2O6S. The van der Waals surface area contributed by atoms with E-state index in [-0.39, 0.29) is 36.6 Å². The third-order valence-electron chi connectivity index (χ3n) is 3.35. The monoisotopic (exact) mass is 366 g/mol. The number of rotatable bonds is 6. The maximum atomic E-state index is 12.1. The molecule has 8 nitrogen and oxygen atoms in total. The molecule has 0 aromatic heterocycles. The number of nitrogens with one attached hydrogen (secondary N) is 2. The molecule has 2 amide bonds. The summed E-state index contributed by atoms with van der Waals surface area (Å²) in [7, 11) is -1.14. The first-order valence-corrected chi connectivity index (χ1v) is 9.02. The zero-order valence-corrected chi connectivity index (χ0v) is 14.6. The lowest BCUT2D eigenvalue weighted by Gasteiger charge is -2.21. The Labute approximate surface area is 147 Å². The van der Waals surface area contributed by atoms with E-state index in [4.69, 9.17) is 9.47 Å². The Bertz CT molecular complexity index is 741. The predicted molar refractivity (Wildman–Crippen MR) is 89.3 cm³/mol. The molecule has 1 atom stereocenters. The number of carbonyl (C=O) groups excluding carboxylic acids is 3. The van der Waals surface area contributed by atoms with E-state index >= 15 is 0 Å². The number of hydrogen-bond acceptors (Lipinski definition) is 6. The Morgan fingerprint density at radius 3 is 2.44 bits per heavy atom. The van der Waals surface area contributed by atoms with Gasteiger partial charge in [-0.1, -0.05) is 0 Å². The van der Waals surface area contributed by atoms with Gasteiger partial charge < -0.3 is 20.1 Å². The van der Waals surface area contributed by atoms with Crippen LogP contribution in [0, 0.1) is 0 Å². The molecule has 1 unspecified atom stereocenters. The van der Waals surface area contributed by atoms with Crippen LogP contribution >= 0.6 is 0 Å². The molecule has 2 N–H and O–H groups in total. The number of benzene rings is 1. The lowest BCUT2D eigenvalue weighted by molar-refractivity contribution is -0.138. The molecule has 0 saturated carbocycles. The molecule has 0 bridgehead atoms. The van der Waals surface area contributed by atoms with Crippen molar-refractivity contribution in [2.45, 2.75) is 11.8 Å². The second-order valence-electron chi connectivity index (χ2n) is 5.04. The quantitative estimate of drug-likeness (QED) is 0.718. The highest BCUT2D eigenvalue weighted by atomic mass is 32.2. The van der Waals surface area contributed by atoms with Crippen LogP contribution < -0.4 is 10.6 Å². The molecule has 1 aliphatic heterocycles. The SMILES string of the molecule is CCOC(=O)C1=C(COC(=O)c2ccc(S(C)=O)cc2)NC(=O)NC1. The van der Waals surface area contributed by atoms with Crippen molar-refractivity contribution < 1.29 is 28.1 Å². The van der Waals surface area contributed by atoms with Gasteiger partial charge in [-0.2, -0.15) is 0 Å². The van der Waals surface area contributed by atoms with Crippen molar-refractivity contribution in [1.29, 1.82) is 0 Å². The Balaban J connectivity index is 2.08. The van der Waals surface area contributed by atoms with Gasteiger partial charge in [0.05, 0.1) is 30.0 Å². The van der Waals surface area contributed by atoms with Gasteiger partial charge in [0.15, 0.2) is 0 Å². The second-order valence-corrected chi connectivity index (χ2v) is 6.42. The van der Waals surface area contributed by atoms with Crippen LogP contribution in [0.5, 0.6) is 0 Å². The van der Waals surface area contributed by atoms with Gasteiger partial charge in [0.25, 0.3) is 0 Å². The van der Waals surface area contributed by atoms with Crippen LogP contribution in [-0.4, -0.2) is 48.2 Å². The molecule has 0 radical (unpaired) electrons. The third kappa shape index (κ3) is 4.90. The largest absolute Gasteiger partial charge is 0.463 e. The van der Waals surface area contributed by atoms with Gasteiger partial charge in [-0.05, 0) is 31.2 Å². The molecule has 1 aromatic carbocycles. The molecule has 0 spiro atoms. The van der Waals surface area contributed by atoms with Crippen LogP contribution in [0.25, 0.3) is 0 Å². The van der Waals surface area contributed by atoms with Gasteiger partial charge >= 0.3 is 18.0 Å². The zero-order valence-electron chi connectivity index (χ0n) is 13.8. The van der Waals surface area contributed by atoms with Crippen LogP contribution in [0.2, 0.25) is 0 Å². The minimum atomic E-state index is -1.14. The molecular weight excluding hydrogens is 348 g/mol. The second kappa shape index (κ2) is 8.43. The summed E-state index contributed by atoms with van der Waals surface area (Å²) in [5.74, 6) is -1.22. The average Bonchev–Trinajstić information content (AvgIpc) is 2.60. The first kappa shape index (κ1) is 18.7. The molecule has 134 valence electrons. The topological polar surface area (TPSA) is 111 Å². The van der Waals surface area contributed by atoms with Crippen molar-refractivity contribution in [3.8, 4) is 0 Å². The van der Waals surface area contributed by atoms with Gasteiger partial charge in [0, 0.05) is 22.0 Å². The molecule has 0 aliphatic carbocycles. The Morgan fingerprint density at radius 2 is 1.84 bits per heavy atom. The maximum absolute atomic E-state index is 12.1. The standard InChI is InChI=1S/C16H18N2O6S/c1-3-23-15(20)12-8-17-16(21)18-13(12)9-24-14(19)10-4-6-11(7-5-10)25(2)22/h4-7H,3,8-9H2,1-2H3,(H2,17,18,21). The minimum Gasteiger partial charge on any atom is -0.463 e. The number of carbonyl (C=O) groups is 3. The first-order chi connectivity index (χ1) is 11.9. The molecule has 0 fully saturated rings. The van der Waals surface area contributed by atoms with Gasteiger partial charge in [-0.15, -0.1) is 0 Å². The number of esters is 2. The summed E-state index contributed by atoms with van der Waals surface area (Å²) in [6.45, 7) is 1.57. The summed E-state index contributed by atoms with van der Waals surface area (Å²) in [5, 5.41) is 4.91. The van der Waals surface area contributed by atoms with Crippen molar-refractivity contribution in [2.75, 3.05) is 26.0 Å². The van der Waals surface area contributed by atoms with E-state index < -0.39 is 28.8 Å². The molecule has 25 heavy (non-hydrogen) atoms. The third-order valence-corrected chi connectivity index (χ3v) is 4.28. The molecule has 0 saturated heterocycles. The van der Waals surface area contributed by atoms with E-state index in [2.05, 4.69) is 10.6 Å². The van der Waals surface area contributed by atoms with E-state index in [9.17, 15) is 18.6 Å². The average molecular weight is 366 g/mol. The van der Waals surface area contributed by atoms with Crippen molar-refractivity contribution in [1.82, 2.24) is 10.6 Å². The molecule has 9 heteroatoms. The normalized spacial score (nSPS) is 15.0. The fraction of sp³-hybridized carbons (Fsp3) is 0.312. The summed E-state index contributed by atoms with van der Waals surface area (Å²) >= 11 is 0. The van der Waals surface area contributed by atoms with Crippen LogP contribution in [0.1, 0.15) is 17.3 Å². The van der Waals surface area contributed by atoms with Crippen molar-refractivity contribution in [2.24, 2.45) is 0 Å². The van der Waals surface area contributed by atoms with Crippen molar-refractivity contribution >= 4 is 28.8 Å². The smallest absolute Gasteiger partial charge is 0.338 e. The van der Waals surface area contributed by atoms with Crippen LogP contribution in [-0.2, 0) is 25.1 Å². The minimum absolute atomic E-state index is 0.00540. The van der Waals surface area contributed by atoms with E-state index in [1.807, 2.05) is 0 Å². The number of urea groups is 1. The Kier molecular flexibility index (Phi) is 6.29. The highest BCUT2D eigenvalue weighted by Gasteiger charge is 2.24. The summed E-state index contributed by atoms with van der Waals surface area (Å²) in [4.78, 5) is 36.0.